The van der Waals surface area contributed by atoms with E-state index in [2.05, 4.69) is 63.4 Å². The van der Waals surface area contributed by atoms with Gasteiger partial charge in [0.05, 0.1) is 23.7 Å². The summed E-state index contributed by atoms with van der Waals surface area (Å²) >= 11 is 0. The molecule has 134 valence electrons. The van der Waals surface area contributed by atoms with E-state index in [9.17, 15) is 0 Å². The van der Waals surface area contributed by atoms with E-state index >= 15 is 0 Å². The maximum atomic E-state index is 5.83. The van der Waals surface area contributed by atoms with E-state index in [1.54, 1.807) is 0 Å². The largest absolute Gasteiger partial charge is 0.373 e. The van der Waals surface area contributed by atoms with Crippen molar-refractivity contribution in [2.45, 2.75) is 12.6 Å². The van der Waals surface area contributed by atoms with Gasteiger partial charge in [0.25, 0.3) is 0 Å². The van der Waals surface area contributed by atoms with E-state index in [0.717, 1.165) is 33.8 Å². The molecule has 5 rings (SSSR count). The SMILES string of the molecule is CNc1ccc(-c2ccc3nc4n(c3c2)C(c2ccccc2)COC4)cn1. The number of imidazole rings is 1. The lowest BCUT2D eigenvalue weighted by Crippen LogP contribution is -2.24. The Morgan fingerprint density at radius 2 is 1.89 bits per heavy atom. The number of aromatic nitrogens is 3. The van der Waals surface area contributed by atoms with Gasteiger partial charge >= 0.3 is 0 Å². The molecule has 5 nitrogen and oxygen atoms in total. The van der Waals surface area contributed by atoms with Gasteiger partial charge in [-0.15, -0.1) is 0 Å². The van der Waals surface area contributed by atoms with Crippen LogP contribution in [-0.4, -0.2) is 28.2 Å². The second-order valence-corrected chi connectivity index (χ2v) is 6.73. The highest BCUT2D eigenvalue weighted by atomic mass is 16.5. The Morgan fingerprint density at radius 3 is 2.67 bits per heavy atom. The van der Waals surface area contributed by atoms with E-state index in [-0.39, 0.29) is 6.04 Å². The van der Waals surface area contributed by atoms with E-state index in [1.807, 2.05) is 25.4 Å². The Labute approximate surface area is 157 Å². The number of pyridine rings is 1. The summed E-state index contributed by atoms with van der Waals surface area (Å²) in [6, 6.07) is 21.1. The van der Waals surface area contributed by atoms with Crippen LogP contribution in [0, 0.1) is 0 Å². The van der Waals surface area contributed by atoms with Crippen LogP contribution < -0.4 is 5.32 Å². The summed E-state index contributed by atoms with van der Waals surface area (Å²) < 4.78 is 8.16. The van der Waals surface area contributed by atoms with Crippen molar-refractivity contribution in [1.29, 1.82) is 0 Å². The molecule has 1 unspecified atom stereocenters. The topological polar surface area (TPSA) is 52.0 Å². The zero-order valence-corrected chi connectivity index (χ0v) is 15.1. The molecule has 0 radical (unpaired) electrons. The predicted molar refractivity (Wildman–Crippen MR) is 107 cm³/mol. The first-order valence-corrected chi connectivity index (χ1v) is 9.11. The fraction of sp³-hybridized carbons (Fsp3) is 0.182. The van der Waals surface area contributed by atoms with Gasteiger partial charge in [0.1, 0.15) is 18.2 Å². The molecule has 1 aliphatic heterocycles. The third-order valence-electron chi connectivity index (χ3n) is 5.12. The second kappa shape index (κ2) is 6.52. The van der Waals surface area contributed by atoms with Crippen LogP contribution in [0.5, 0.6) is 0 Å². The summed E-state index contributed by atoms with van der Waals surface area (Å²) in [5, 5.41) is 3.06. The van der Waals surface area contributed by atoms with Crippen molar-refractivity contribution in [2.24, 2.45) is 0 Å². The molecular formula is C22H20N4O. The molecule has 3 heterocycles. The van der Waals surface area contributed by atoms with Gasteiger partial charge in [-0.05, 0) is 35.4 Å². The zero-order valence-electron chi connectivity index (χ0n) is 15.1. The fourth-order valence-electron chi connectivity index (χ4n) is 3.74. The molecule has 4 aromatic rings. The predicted octanol–water partition coefficient (Wildman–Crippen LogP) is 4.26. The van der Waals surface area contributed by atoms with Crippen molar-refractivity contribution in [1.82, 2.24) is 14.5 Å². The van der Waals surface area contributed by atoms with Gasteiger partial charge in [-0.3, -0.25) is 0 Å². The van der Waals surface area contributed by atoms with Gasteiger partial charge in [-0.2, -0.15) is 0 Å². The second-order valence-electron chi connectivity index (χ2n) is 6.73. The number of ether oxygens (including phenoxy) is 1. The van der Waals surface area contributed by atoms with Crippen molar-refractivity contribution in [2.75, 3.05) is 19.0 Å². The Kier molecular flexibility index (Phi) is 3.87. The summed E-state index contributed by atoms with van der Waals surface area (Å²) in [5.74, 6) is 1.84. The maximum Gasteiger partial charge on any atom is 0.136 e. The lowest BCUT2D eigenvalue weighted by Gasteiger charge is -2.26. The molecule has 5 heteroatoms. The molecule has 1 atom stereocenters. The van der Waals surface area contributed by atoms with Crippen LogP contribution in [0.2, 0.25) is 0 Å². The highest BCUT2D eigenvalue weighted by Gasteiger charge is 2.25. The standard InChI is InChI=1S/C22H20N4O/c1-23-21-10-8-17(12-24-21)16-7-9-18-19(11-16)26-20(13-27-14-22(26)25-18)15-5-3-2-4-6-15/h2-12,20H,13-14H2,1H3,(H,23,24). The first-order chi connectivity index (χ1) is 13.3. The molecule has 0 saturated carbocycles. The number of nitrogens with one attached hydrogen (secondary N) is 1. The number of benzene rings is 2. The molecule has 1 aliphatic rings. The quantitative estimate of drug-likeness (QED) is 0.596. The van der Waals surface area contributed by atoms with Crippen LogP contribution in [0.25, 0.3) is 22.2 Å². The van der Waals surface area contributed by atoms with Gasteiger partial charge in [0.15, 0.2) is 0 Å². The van der Waals surface area contributed by atoms with Crippen molar-refractivity contribution < 1.29 is 4.74 Å². The van der Waals surface area contributed by atoms with Gasteiger partial charge in [-0.25, -0.2) is 9.97 Å². The van der Waals surface area contributed by atoms with Crippen LogP contribution in [0.15, 0.2) is 66.9 Å². The highest BCUT2D eigenvalue weighted by molar-refractivity contribution is 5.83. The Hall–Kier alpha value is -3.18. The van der Waals surface area contributed by atoms with Gasteiger partial charge in [0, 0.05) is 18.8 Å². The third kappa shape index (κ3) is 2.76. The van der Waals surface area contributed by atoms with Crippen LogP contribution in [0.1, 0.15) is 17.4 Å². The van der Waals surface area contributed by atoms with Crippen molar-refractivity contribution in [3.05, 3.63) is 78.2 Å². The van der Waals surface area contributed by atoms with Gasteiger partial charge in [0.2, 0.25) is 0 Å². The molecule has 1 N–H and O–H groups in total. The molecule has 0 fully saturated rings. The Bertz CT molecular complexity index is 1090. The molecule has 0 saturated heterocycles. The monoisotopic (exact) mass is 356 g/mol. The summed E-state index contributed by atoms with van der Waals surface area (Å²) in [4.78, 5) is 9.24. The molecule has 2 aromatic heterocycles. The first kappa shape index (κ1) is 16.0. The molecule has 0 amide bonds. The first-order valence-electron chi connectivity index (χ1n) is 9.11. The van der Waals surface area contributed by atoms with Crippen LogP contribution in [0.4, 0.5) is 5.82 Å². The molecular weight excluding hydrogens is 336 g/mol. The summed E-state index contributed by atoms with van der Waals surface area (Å²) in [6.07, 6.45) is 1.90. The minimum Gasteiger partial charge on any atom is -0.373 e. The molecule has 2 aromatic carbocycles. The third-order valence-corrected chi connectivity index (χ3v) is 5.12. The summed E-state index contributed by atoms with van der Waals surface area (Å²) in [5.41, 5.74) is 5.61. The summed E-state index contributed by atoms with van der Waals surface area (Å²) in [6.45, 7) is 1.21. The highest BCUT2D eigenvalue weighted by Crippen LogP contribution is 2.32. The number of nitrogens with zero attached hydrogens (tertiary/aromatic N) is 3. The van der Waals surface area contributed by atoms with Crippen molar-refractivity contribution in [3.63, 3.8) is 0 Å². The van der Waals surface area contributed by atoms with Crippen molar-refractivity contribution in [3.8, 4) is 11.1 Å². The Morgan fingerprint density at radius 1 is 1.04 bits per heavy atom. The number of rotatable bonds is 3. The minimum atomic E-state index is 0.139. The molecule has 0 bridgehead atoms. The van der Waals surface area contributed by atoms with Crippen LogP contribution >= 0.6 is 0 Å². The number of fused-ring (bicyclic) bond motifs is 3. The van der Waals surface area contributed by atoms with Crippen LogP contribution in [-0.2, 0) is 11.3 Å². The number of hydrogen-bond acceptors (Lipinski definition) is 4. The lowest BCUT2D eigenvalue weighted by molar-refractivity contribution is 0.0679. The van der Waals surface area contributed by atoms with Gasteiger partial charge < -0.3 is 14.6 Å². The minimum absolute atomic E-state index is 0.139. The average Bonchev–Trinajstić information content (AvgIpc) is 3.12. The van der Waals surface area contributed by atoms with E-state index in [4.69, 9.17) is 9.72 Å². The number of anilines is 1. The smallest absolute Gasteiger partial charge is 0.136 e. The fourth-order valence-corrected chi connectivity index (χ4v) is 3.74. The van der Waals surface area contributed by atoms with E-state index < -0.39 is 0 Å². The maximum absolute atomic E-state index is 5.83. The van der Waals surface area contributed by atoms with Gasteiger partial charge in [-0.1, -0.05) is 36.4 Å². The normalized spacial score (nSPS) is 16.3. The van der Waals surface area contributed by atoms with E-state index in [1.165, 1.54) is 5.56 Å². The molecule has 27 heavy (non-hydrogen) atoms. The number of hydrogen-bond donors (Lipinski definition) is 1. The summed E-state index contributed by atoms with van der Waals surface area (Å²) in [7, 11) is 1.87. The lowest BCUT2D eigenvalue weighted by atomic mass is 10.0. The van der Waals surface area contributed by atoms with Crippen molar-refractivity contribution >= 4 is 16.9 Å². The van der Waals surface area contributed by atoms with Crippen LogP contribution in [0.3, 0.4) is 0 Å². The zero-order chi connectivity index (χ0) is 18.2. The molecule has 0 aliphatic carbocycles. The average molecular weight is 356 g/mol. The van der Waals surface area contributed by atoms with E-state index in [0.29, 0.717) is 13.2 Å². The molecule has 0 spiro atoms. The Balaban J connectivity index is 1.64.